The van der Waals surface area contributed by atoms with Crippen molar-refractivity contribution in [2.75, 3.05) is 0 Å². The van der Waals surface area contributed by atoms with Crippen LogP contribution in [0.3, 0.4) is 0 Å². The number of carbonyl (C=O) groups is 1. The van der Waals surface area contributed by atoms with Crippen molar-refractivity contribution in [1.29, 1.82) is 0 Å². The minimum atomic E-state index is -0.801. The van der Waals surface area contributed by atoms with E-state index in [1.54, 1.807) is 6.07 Å². The summed E-state index contributed by atoms with van der Waals surface area (Å²) in [5.41, 5.74) is 1.44. The average molecular weight is 288 g/mol. The zero-order valence-corrected chi connectivity index (χ0v) is 11.8. The predicted molar refractivity (Wildman–Crippen MR) is 77.6 cm³/mol. The Kier molecular flexibility index (Phi) is 3.49. The molecule has 0 radical (unpaired) electrons. The Bertz CT molecular complexity index is 720. The molecule has 1 aromatic heterocycles. The van der Waals surface area contributed by atoms with Crippen LogP contribution in [-0.4, -0.2) is 20.6 Å². The predicted octanol–water partition coefficient (Wildman–Crippen LogP) is 3.33. The average Bonchev–Trinajstić information content (AvgIpc) is 2.84. The number of aliphatic carboxylic acids is 1. The molecule has 1 heterocycles. The number of aromatic nitrogens is 2. The second-order valence-electron chi connectivity index (χ2n) is 5.34. The van der Waals surface area contributed by atoms with Gasteiger partial charge in [0.2, 0.25) is 0 Å². The van der Waals surface area contributed by atoms with Crippen molar-refractivity contribution in [1.82, 2.24) is 9.55 Å². The van der Waals surface area contributed by atoms with E-state index >= 15 is 0 Å². The maximum Gasteiger partial charge on any atom is 0.307 e. The molecule has 110 valence electrons. The van der Waals surface area contributed by atoms with E-state index in [2.05, 4.69) is 4.98 Å². The number of nitrogens with zero attached hydrogens (tertiary/aromatic N) is 2. The van der Waals surface area contributed by atoms with Gasteiger partial charge in [-0.1, -0.05) is 12.2 Å². The molecule has 0 spiro atoms. The Morgan fingerprint density at radius 1 is 1.43 bits per heavy atom. The van der Waals surface area contributed by atoms with Crippen LogP contribution in [-0.2, 0) is 11.3 Å². The quantitative estimate of drug-likeness (QED) is 0.881. The number of carboxylic acid groups (broad SMARTS) is 1. The van der Waals surface area contributed by atoms with Gasteiger partial charge in [-0.2, -0.15) is 0 Å². The van der Waals surface area contributed by atoms with Gasteiger partial charge in [0.15, 0.2) is 0 Å². The number of aryl methyl sites for hydroxylation is 1. The lowest BCUT2D eigenvalue weighted by atomic mass is 9.82. The molecule has 21 heavy (non-hydrogen) atoms. The molecule has 1 aromatic carbocycles. The van der Waals surface area contributed by atoms with Crippen molar-refractivity contribution >= 4 is 17.0 Å². The molecule has 0 fully saturated rings. The minimum Gasteiger partial charge on any atom is -0.481 e. The van der Waals surface area contributed by atoms with Crippen LogP contribution >= 0.6 is 0 Å². The highest BCUT2D eigenvalue weighted by atomic mass is 19.1. The zero-order valence-electron chi connectivity index (χ0n) is 11.8. The second kappa shape index (κ2) is 5.31. The van der Waals surface area contributed by atoms with E-state index in [0.29, 0.717) is 24.9 Å². The maximum absolute atomic E-state index is 13.5. The lowest BCUT2D eigenvalue weighted by molar-refractivity contribution is -0.142. The highest BCUT2D eigenvalue weighted by molar-refractivity contribution is 5.77. The smallest absolute Gasteiger partial charge is 0.307 e. The van der Waals surface area contributed by atoms with Crippen LogP contribution in [0, 0.1) is 11.7 Å². The maximum atomic E-state index is 13.5. The lowest BCUT2D eigenvalue weighted by Gasteiger charge is -2.25. The fourth-order valence-electron chi connectivity index (χ4n) is 3.10. The number of rotatable bonds is 3. The first-order valence-electron chi connectivity index (χ1n) is 7.15. The monoisotopic (exact) mass is 288 g/mol. The van der Waals surface area contributed by atoms with Gasteiger partial charge in [-0.3, -0.25) is 4.79 Å². The van der Waals surface area contributed by atoms with Crippen molar-refractivity contribution < 1.29 is 14.3 Å². The molecular formula is C16H17FN2O2. The summed E-state index contributed by atoms with van der Waals surface area (Å²) < 4.78 is 15.4. The van der Waals surface area contributed by atoms with Crippen LogP contribution in [0.2, 0.25) is 0 Å². The summed E-state index contributed by atoms with van der Waals surface area (Å²) in [6.45, 7) is 2.60. The third-order valence-electron chi connectivity index (χ3n) is 4.14. The van der Waals surface area contributed by atoms with Crippen molar-refractivity contribution in [3.63, 3.8) is 0 Å². The normalized spacial score (nSPS) is 21.8. The Hall–Kier alpha value is -2.17. The van der Waals surface area contributed by atoms with Gasteiger partial charge in [-0.15, -0.1) is 0 Å². The molecule has 1 N–H and O–H groups in total. The molecule has 0 saturated heterocycles. The van der Waals surface area contributed by atoms with Gasteiger partial charge in [0.25, 0.3) is 0 Å². The van der Waals surface area contributed by atoms with E-state index in [1.165, 1.54) is 12.1 Å². The summed E-state index contributed by atoms with van der Waals surface area (Å²) in [4.78, 5) is 16.1. The Morgan fingerprint density at radius 3 is 2.90 bits per heavy atom. The van der Waals surface area contributed by atoms with Gasteiger partial charge < -0.3 is 9.67 Å². The fraction of sp³-hybridized carbons (Fsp3) is 0.375. The van der Waals surface area contributed by atoms with E-state index in [-0.39, 0.29) is 11.7 Å². The van der Waals surface area contributed by atoms with Crippen LogP contribution in [0.1, 0.15) is 31.5 Å². The molecule has 1 aliphatic rings. The number of halogens is 1. The first kappa shape index (κ1) is 13.8. The minimum absolute atomic E-state index is 0.164. The molecule has 2 atom stereocenters. The molecule has 2 aromatic rings. The SMILES string of the molecule is CCn1c([C@@H]2CC=CC[C@@H]2C(=O)O)nc2ccc(F)cc21. The molecule has 0 amide bonds. The van der Waals surface area contributed by atoms with E-state index in [1.807, 2.05) is 23.6 Å². The highest BCUT2D eigenvalue weighted by Gasteiger charge is 2.33. The van der Waals surface area contributed by atoms with Gasteiger partial charge >= 0.3 is 5.97 Å². The van der Waals surface area contributed by atoms with Gasteiger partial charge in [0, 0.05) is 12.5 Å². The number of hydrogen-bond acceptors (Lipinski definition) is 2. The number of hydrogen-bond donors (Lipinski definition) is 1. The van der Waals surface area contributed by atoms with Gasteiger partial charge in [-0.05, 0) is 38.0 Å². The number of allylic oxidation sites excluding steroid dienone is 2. The lowest BCUT2D eigenvalue weighted by Crippen LogP contribution is -2.26. The molecule has 0 aliphatic heterocycles. The molecule has 3 rings (SSSR count). The Labute approximate surface area is 121 Å². The third-order valence-corrected chi connectivity index (χ3v) is 4.14. The van der Waals surface area contributed by atoms with Gasteiger partial charge in [0.1, 0.15) is 11.6 Å². The third kappa shape index (κ3) is 2.33. The first-order valence-corrected chi connectivity index (χ1v) is 7.15. The summed E-state index contributed by atoms with van der Waals surface area (Å²) in [5, 5.41) is 9.42. The molecular weight excluding hydrogens is 271 g/mol. The molecule has 0 bridgehead atoms. The van der Waals surface area contributed by atoms with Crippen molar-refractivity contribution in [2.45, 2.75) is 32.2 Å². The van der Waals surface area contributed by atoms with Crippen LogP contribution < -0.4 is 0 Å². The number of carboxylic acids is 1. The van der Waals surface area contributed by atoms with Crippen LogP contribution in [0.4, 0.5) is 4.39 Å². The second-order valence-corrected chi connectivity index (χ2v) is 5.34. The van der Waals surface area contributed by atoms with Crippen LogP contribution in [0.25, 0.3) is 11.0 Å². The fourth-order valence-corrected chi connectivity index (χ4v) is 3.10. The van der Waals surface area contributed by atoms with E-state index in [0.717, 1.165) is 11.3 Å². The molecule has 4 nitrogen and oxygen atoms in total. The summed E-state index contributed by atoms with van der Waals surface area (Å²) in [6.07, 6.45) is 5.09. The van der Waals surface area contributed by atoms with Crippen molar-refractivity contribution in [3.05, 3.63) is 42.0 Å². The topological polar surface area (TPSA) is 55.1 Å². The van der Waals surface area contributed by atoms with Gasteiger partial charge in [0.05, 0.1) is 17.0 Å². The van der Waals surface area contributed by atoms with E-state index < -0.39 is 11.9 Å². The van der Waals surface area contributed by atoms with Crippen molar-refractivity contribution in [3.8, 4) is 0 Å². The molecule has 0 unspecified atom stereocenters. The number of imidazole rings is 1. The molecule has 0 saturated carbocycles. The molecule has 1 aliphatic carbocycles. The summed E-state index contributed by atoms with van der Waals surface area (Å²) in [6, 6.07) is 4.49. The molecule has 5 heteroatoms. The first-order chi connectivity index (χ1) is 10.1. The largest absolute Gasteiger partial charge is 0.481 e. The summed E-state index contributed by atoms with van der Waals surface area (Å²) in [7, 11) is 0. The standard InChI is InChI=1S/C16H17FN2O2/c1-2-19-14-9-10(17)7-8-13(14)18-15(19)11-5-3-4-6-12(11)16(20)21/h3-4,7-9,11-12H,2,5-6H2,1H3,(H,20,21)/t11-,12+/m1/s1. The highest BCUT2D eigenvalue weighted by Crippen LogP contribution is 2.36. The van der Waals surface area contributed by atoms with Crippen LogP contribution in [0.15, 0.2) is 30.4 Å². The number of benzene rings is 1. The Balaban J connectivity index is 2.14. The zero-order chi connectivity index (χ0) is 15.0. The van der Waals surface area contributed by atoms with Crippen molar-refractivity contribution in [2.24, 2.45) is 5.92 Å². The number of fused-ring (bicyclic) bond motifs is 1. The van der Waals surface area contributed by atoms with Gasteiger partial charge in [-0.25, -0.2) is 9.37 Å². The summed E-state index contributed by atoms with van der Waals surface area (Å²) in [5.74, 6) is -0.994. The van der Waals surface area contributed by atoms with E-state index in [4.69, 9.17) is 0 Å². The van der Waals surface area contributed by atoms with Crippen LogP contribution in [0.5, 0.6) is 0 Å². The summed E-state index contributed by atoms with van der Waals surface area (Å²) >= 11 is 0. The van der Waals surface area contributed by atoms with E-state index in [9.17, 15) is 14.3 Å². The Morgan fingerprint density at radius 2 is 2.19 bits per heavy atom.